The van der Waals surface area contributed by atoms with Gasteiger partial charge >= 0.3 is 6.09 Å². The Kier molecular flexibility index (Phi) is 3.02. The molecule has 3 rings (SSSR count). The van der Waals surface area contributed by atoms with E-state index in [9.17, 15) is 9.90 Å². The number of likely N-dealkylation sites (tertiary alicyclic amines) is 1. The van der Waals surface area contributed by atoms with Gasteiger partial charge in [0, 0.05) is 6.42 Å². The molecule has 0 spiro atoms. The van der Waals surface area contributed by atoms with Crippen LogP contribution < -0.4 is 0 Å². The third kappa shape index (κ3) is 2.07. The van der Waals surface area contributed by atoms with Crippen LogP contribution in [0.4, 0.5) is 4.79 Å². The molecule has 1 amide bonds. The van der Waals surface area contributed by atoms with Crippen molar-refractivity contribution in [2.24, 2.45) is 5.16 Å². The van der Waals surface area contributed by atoms with Crippen molar-refractivity contribution in [3.63, 3.8) is 0 Å². The van der Waals surface area contributed by atoms with E-state index < -0.39 is 6.09 Å². The Bertz CT molecular complexity index is 646. The first kappa shape index (κ1) is 12.5. The summed E-state index contributed by atoms with van der Waals surface area (Å²) in [4.78, 5) is 25.0. The molecule has 1 aliphatic rings. The van der Waals surface area contributed by atoms with E-state index in [-0.39, 0.29) is 12.6 Å². The maximum atomic E-state index is 11.3. The fraction of sp³-hybridized carbons (Fsp3) is 0.308. The number of para-hydroxylation sites is 2. The van der Waals surface area contributed by atoms with Gasteiger partial charge in [0.15, 0.2) is 0 Å². The minimum Gasteiger partial charge on any atom is -0.465 e. The first-order chi connectivity index (χ1) is 9.69. The van der Waals surface area contributed by atoms with Gasteiger partial charge in [0.2, 0.25) is 0 Å². The summed E-state index contributed by atoms with van der Waals surface area (Å²) in [5.41, 5.74) is 2.41. The predicted molar refractivity (Wildman–Crippen MR) is 72.6 cm³/mol. The Labute approximate surface area is 114 Å². The van der Waals surface area contributed by atoms with E-state index in [4.69, 9.17) is 4.84 Å². The highest BCUT2D eigenvalue weighted by Gasteiger charge is 2.36. The molecule has 0 aliphatic carbocycles. The Balaban J connectivity index is 1.98. The lowest BCUT2D eigenvalue weighted by atomic mass is 10.2. The number of carboxylic acid groups (broad SMARTS) is 1. The van der Waals surface area contributed by atoms with E-state index in [0.717, 1.165) is 11.0 Å². The molecule has 2 heterocycles. The van der Waals surface area contributed by atoms with E-state index >= 15 is 0 Å². The Morgan fingerprint density at radius 2 is 2.35 bits per heavy atom. The van der Waals surface area contributed by atoms with Crippen LogP contribution in [0.5, 0.6) is 0 Å². The Morgan fingerprint density at radius 3 is 3.05 bits per heavy atom. The van der Waals surface area contributed by atoms with Gasteiger partial charge in [-0.15, -0.1) is 0 Å². The van der Waals surface area contributed by atoms with Gasteiger partial charge in [-0.1, -0.05) is 17.3 Å². The number of fused-ring (bicyclic) bond motifs is 1. The number of rotatable bonds is 2. The van der Waals surface area contributed by atoms with E-state index in [1.807, 2.05) is 24.3 Å². The lowest BCUT2D eigenvalue weighted by Gasteiger charge is -2.18. The summed E-state index contributed by atoms with van der Waals surface area (Å²) in [5.74, 6) is 0.634. The monoisotopic (exact) mass is 274 g/mol. The van der Waals surface area contributed by atoms with Gasteiger partial charge in [0.05, 0.1) is 29.3 Å². The molecule has 0 radical (unpaired) electrons. The minimum absolute atomic E-state index is 0.241. The summed E-state index contributed by atoms with van der Waals surface area (Å²) in [6, 6.07) is 7.25. The first-order valence-corrected chi connectivity index (χ1v) is 6.22. The highest BCUT2D eigenvalue weighted by molar-refractivity contribution is 5.92. The molecule has 1 aliphatic heterocycles. The van der Waals surface area contributed by atoms with Gasteiger partial charge < -0.3 is 14.9 Å². The van der Waals surface area contributed by atoms with Gasteiger partial charge in [0.1, 0.15) is 12.9 Å². The van der Waals surface area contributed by atoms with Crippen molar-refractivity contribution in [2.45, 2.75) is 12.5 Å². The molecule has 0 unspecified atom stereocenters. The van der Waals surface area contributed by atoms with Crippen LogP contribution in [-0.4, -0.2) is 45.4 Å². The van der Waals surface area contributed by atoms with E-state index in [2.05, 4.69) is 15.1 Å². The lowest BCUT2D eigenvalue weighted by Crippen LogP contribution is -2.30. The molecule has 0 saturated carbocycles. The molecule has 1 fully saturated rings. The molecule has 1 aromatic carbocycles. The Morgan fingerprint density at radius 1 is 1.55 bits per heavy atom. The third-order valence-electron chi connectivity index (χ3n) is 3.35. The minimum atomic E-state index is -0.989. The quantitative estimate of drug-likeness (QED) is 0.819. The summed E-state index contributed by atoms with van der Waals surface area (Å²) < 4.78 is 0. The van der Waals surface area contributed by atoms with Crippen LogP contribution in [0.3, 0.4) is 0 Å². The number of amides is 1. The van der Waals surface area contributed by atoms with Crippen LogP contribution in [0, 0.1) is 0 Å². The summed E-state index contributed by atoms with van der Waals surface area (Å²) in [6.07, 6.45) is -0.503. The van der Waals surface area contributed by atoms with Crippen LogP contribution in [0.1, 0.15) is 18.3 Å². The lowest BCUT2D eigenvalue weighted by molar-refractivity contribution is 0.139. The normalized spacial score (nSPS) is 20.8. The highest BCUT2D eigenvalue weighted by Crippen LogP contribution is 2.30. The zero-order valence-electron chi connectivity index (χ0n) is 10.9. The molecule has 1 atom stereocenters. The first-order valence-electron chi connectivity index (χ1n) is 6.22. The zero-order chi connectivity index (χ0) is 14.1. The number of aromatic amines is 1. The van der Waals surface area contributed by atoms with Crippen LogP contribution in [0.2, 0.25) is 0 Å². The van der Waals surface area contributed by atoms with Crippen molar-refractivity contribution < 1.29 is 14.7 Å². The zero-order valence-corrected chi connectivity index (χ0v) is 10.9. The highest BCUT2D eigenvalue weighted by atomic mass is 16.6. The fourth-order valence-electron chi connectivity index (χ4n) is 2.48. The van der Waals surface area contributed by atoms with Crippen LogP contribution in [-0.2, 0) is 4.84 Å². The van der Waals surface area contributed by atoms with Gasteiger partial charge in [-0.25, -0.2) is 9.78 Å². The topological polar surface area (TPSA) is 90.8 Å². The third-order valence-corrected chi connectivity index (χ3v) is 3.35. The maximum absolute atomic E-state index is 11.3. The van der Waals surface area contributed by atoms with Gasteiger partial charge in [-0.2, -0.15) is 0 Å². The summed E-state index contributed by atoms with van der Waals surface area (Å²) >= 11 is 0. The van der Waals surface area contributed by atoms with E-state index in [1.165, 1.54) is 12.0 Å². The molecule has 2 aromatic rings. The molecule has 0 bridgehead atoms. The number of H-pyrrole nitrogens is 1. The number of oxime groups is 1. The molecule has 2 N–H and O–H groups in total. The Hall–Kier alpha value is -2.57. The van der Waals surface area contributed by atoms with Gasteiger partial charge in [-0.3, -0.25) is 4.90 Å². The SMILES string of the molecule is CON=C1C[C@@H](c2nc3ccccc3[nH]2)N(C(=O)O)C1. The smallest absolute Gasteiger partial charge is 0.408 e. The van der Waals surface area contributed by atoms with Crippen molar-refractivity contribution in [1.29, 1.82) is 0 Å². The summed E-state index contributed by atoms with van der Waals surface area (Å²) in [7, 11) is 1.45. The van der Waals surface area contributed by atoms with Crippen molar-refractivity contribution in [1.82, 2.24) is 14.9 Å². The molecule has 7 heteroatoms. The van der Waals surface area contributed by atoms with Crippen molar-refractivity contribution >= 4 is 22.8 Å². The second-order valence-corrected chi connectivity index (χ2v) is 4.61. The van der Waals surface area contributed by atoms with Crippen molar-refractivity contribution in [3.05, 3.63) is 30.1 Å². The molecule has 7 nitrogen and oxygen atoms in total. The number of aromatic nitrogens is 2. The molecule has 1 aromatic heterocycles. The molecule has 1 saturated heterocycles. The second-order valence-electron chi connectivity index (χ2n) is 4.61. The van der Waals surface area contributed by atoms with Crippen LogP contribution in [0.15, 0.2) is 29.4 Å². The second kappa shape index (κ2) is 4.84. The molecule has 104 valence electrons. The number of hydrogen-bond donors (Lipinski definition) is 2. The number of nitrogens with one attached hydrogen (secondary N) is 1. The summed E-state index contributed by atoms with van der Waals surface area (Å²) in [5, 5.41) is 13.2. The van der Waals surface area contributed by atoms with Crippen LogP contribution in [0.25, 0.3) is 11.0 Å². The average Bonchev–Trinajstić information content (AvgIpc) is 3.01. The maximum Gasteiger partial charge on any atom is 0.408 e. The number of hydrogen-bond acceptors (Lipinski definition) is 4. The molecular weight excluding hydrogens is 260 g/mol. The number of nitrogens with zero attached hydrogens (tertiary/aromatic N) is 3. The standard InChI is InChI=1S/C13H14N4O3/c1-20-16-8-6-11(17(7-8)13(18)19)12-14-9-4-2-3-5-10(9)15-12/h2-5,11H,6-7H2,1H3,(H,14,15)(H,18,19)/t11-/m0/s1. The fourth-order valence-corrected chi connectivity index (χ4v) is 2.48. The van der Waals surface area contributed by atoms with Crippen LogP contribution >= 0.6 is 0 Å². The van der Waals surface area contributed by atoms with Crippen molar-refractivity contribution in [3.8, 4) is 0 Å². The largest absolute Gasteiger partial charge is 0.465 e. The van der Waals surface area contributed by atoms with E-state index in [1.54, 1.807) is 0 Å². The number of carbonyl (C=O) groups is 1. The molecular formula is C13H14N4O3. The predicted octanol–water partition coefficient (Wildman–Crippen LogP) is 1.99. The average molecular weight is 274 g/mol. The summed E-state index contributed by atoms with van der Waals surface area (Å²) in [6.45, 7) is 0.241. The number of benzene rings is 1. The van der Waals surface area contributed by atoms with Gasteiger partial charge in [-0.05, 0) is 12.1 Å². The van der Waals surface area contributed by atoms with E-state index in [0.29, 0.717) is 18.0 Å². The van der Waals surface area contributed by atoms with Gasteiger partial charge in [0.25, 0.3) is 0 Å². The molecule has 20 heavy (non-hydrogen) atoms. The number of imidazole rings is 1. The van der Waals surface area contributed by atoms with Crippen molar-refractivity contribution in [2.75, 3.05) is 13.7 Å².